The van der Waals surface area contributed by atoms with Crippen LogP contribution >= 0.6 is 0 Å². The Kier molecular flexibility index (Phi) is 3.29. The fourth-order valence-corrected chi connectivity index (χ4v) is 1.25. The smallest absolute Gasteiger partial charge is 0.0829 e. The van der Waals surface area contributed by atoms with Crippen LogP contribution in [0.15, 0.2) is 0 Å². The summed E-state index contributed by atoms with van der Waals surface area (Å²) < 4.78 is 0. The van der Waals surface area contributed by atoms with E-state index in [-0.39, 0.29) is 0 Å². The lowest BCUT2D eigenvalue weighted by Gasteiger charge is -2.35. The normalized spacial score (nSPS) is 17.2. The Morgan fingerprint density at radius 1 is 1.33 bits per heavy atom. The van der Waals surface area contributed by atoms with Gasteiger partial charge in [0.25, 0.3) is 0 Å². The summed E-state index contributed by atoms with van der Waals surface area (Å²) in [6.45, 7) is 9.31. The van der Waals surface area contributed by atoms with E-state index in [0.717, 1.165) is 6.42 Å². The number of nitriles is 1. The van der Waals surface area contributed by atoms with Crippen molar-refractivity contribution in [2.45, 2.75) is 46.6 Å². The zero-order valence-corrected chi connectivity index (χ0v) is 8.68. The van der Waals surface area contributed by atoms with E-state index in [0.29, 0.717) is 5.92 Å². The summed E-state index contributed by atoms with van der Waals surface area (Å²) in [6, 6.07) is 2.20. The van der Waals surface area contributed by atoms with Crippen molar-refractivity contribution in [1.82, 2.24) is 0 Å². The van der Waals surface area contributed by atoms with Gasteiger partial charge in [-0.25, -0.2) is 0 Å². The van der Waals surface area contributed by atoms with Gasteiger partial charge in [-0.2, -0.15) is 5.26 Å². The van der Waals surface area contributed by atoms with Gasteiger partial charge in [0.05, 0.1) is 17.1 Å². The molecule has 0 spiro atoms. The lowest BCUT2D eigenvalue weighted by molar-refractivity contribution is -0.0231. The molecule has 0 amide bonds. The van der Waals surface area contributed by atoms with Gasteiger partial charge in [0.15, 0.2) is 0 Å². The predicted octanol–water partition coefficient (Wildman–Crippen LogP) is 2.33. The number of hydrogen-bond donors (Lipinski definition) is 1. The van der Waals surface area contributed by atoms with E-state index in [4.69, 9.17) is 5.26 Å². The van der Waals surface area contributed by atoms with Gasteiger partial charge >= 0.3 is 0 Å². The van der Waals surface area contributed by atoms with E-state index < -0.39 is 11.0 Å². The lowest BCUT2D eigenvalue weighted by Crippen LogP contribution is -2.41. The number of rotatable bonds is 3. The Morgan fingerprint density at radius 2 is 1.75 bits per heavy atom. The minimum atomic E-state index is -0.925. The van der Waals surface area contributed by atoms with E-state index in [1.54, 1.807) is 13.8 Å². The molecule has 12 heavy (non-hydrogen) atoms. The van der Waals surface area contributed by atoms with Crippen LogP contribution in [-0.4, -0.2) is 10.7 Å². The highest BCUT2D eigenvalue weighted by molar-refractivity contribution is 5.05. The molecule has 0 heterocycles. The molecule has 0 rings (SSSR count). The van der Waals surface area contributed by atoms with E-state index in [2.05, 4.69) is 19.9 Å². The van der Waals surface area contributed by atoms with Gasteiger partial charge in [0.2, 0.25) is 0 Å². The van der Waals surface area contributed by atoms with Crippen molar-refractivity contribution in [3.8, 4) is 6.07 Å². The first kappa shape index (κ1) is 11.4. The number of hydrogen-bond acceptors (Lipinski definition) is 2. The standard InChI is InChI=1S/C10H19NO/c1-8(2)6-10(5,7-11)9(3,4)12/h8,12H,6H2,1-5H3. The molecule has 0 bridgehead atoms. The fraction of sp³-hybridized carbons (Fsp3) is 0.900. The Balaban J connectivity index is 4.61. The van der Waals surface area contributed by atoms with Gasteiger partial charge in [0, 0.05) is 0 Å². The summed E-state index contributed by atoms with van der Waals surface area (Å²) in [7, 11) is 0. The van der Waals surface area contributed by atoms with Crippen molar-refractivity contribution in [1.29, 1.82) is 5.26 Å². The molecular formula is C10H19NO. The minimum absolute atomic E-state index is 0.432. The topological polar surface area (TPSA) is 44.0 Å². The van der Waals surface area contributed by atoms with E-state index in [9.17, 15) is 5.11 Å². The van der Waals surface area contributed by atoms with Crippen molar-refractivity contribution in [2.24, 2.45) is 11.3 Å². The highest BCUT2D eigenvalue weighted by Crippen LogP contribution is 2.36. The third kappa shape index (κ3) is 2.49. The Bertz CT molecular complexity index is 185. The maximum absolute atomic E-state index is 9.76. The van der Waals surface area contributed by atoms with Crippen LogP contribution in [0.3, 0.4) is 0 Å². The van der Waals surface area contributed by atoms with Crippen LogP contribution in [0.2, 0.25) is 0 Å². The van der Waals surface area contributed by atoms with Crippen LogP contribution in [-0.2, 0) is 0 Å². The molecule has 0 saturated heterocycles. The van der Waals surface area contributed by atoms with E-state index >= 15 is 0 Å². The van der Waals surface area contributed by atoms with Crippen molar-refractivity contribution < 1.29 is 5.11 Å². The molecule has 0 radical (unpaired) electrons. The summed E-state index contributed by atoms with van der Waals surface area (Å²) in [5.74, 6) is 0.432. The highest BCUT2D eigenvalue weighted by Gasteiger charge is 2.40. The Morgan fingerprint density at radius 3 is 1.83 bits per heavy atom. The molecule has 0 fully saturated rings. The van der Waals surface area contributed by atoms with Gasteiger partial charge < -0.3 is 5.11 Å². The fourth-order valence-electron chi connectivity index (χ4n) is 1.25. The molecule has 2 nitrogen and oxygen atoms in total. The second kappa shape index (κ2) is 3.45. The lowest BCUT2D eigenvalue weighted by atomic mass is 9.71. The summed E-state index contributed by atoms with van der Waals surface area (Å²) in [5, 5.41) is 18.7. The van der Waals surface area contributed by atoms with Crippen LogP contribution in [0.25, 0.3) is 0 Å². The maximum Gasteiger partial charge on any atom is 0.0829 e. The summed E-state index contributed by atoms with van der Waals surface area (Å²) in [6.07, 6.45) is 0.729. The van der Waals surface area contributed by atoms with Crippen LogP contribution in [0.1, 0.15) is 41.0 Å². The first-order chi connectivity index (χ1) is 5.23. The first-order valence-corrected chi connectivity index (χ1v) is 4.36. The van der Waals surface area contributed by atoms with Gasteiger partial charge in [-0.15, -0.1) is 0 Å². The third-order valence-electron chi connectivity index (χ3n) is 2.41. The number of nitrogens with zero attached hydrogens (tertiary/aromatic N) is 1. The van der Waals surface area contributed by atoms with Crippen LogP contribution in [0, 0.1) is 22.7 Å². The molecule has 1 N–H and O–H groups in total. The van der Waals surface area contributed by atoms with Crippen LogP contribution in [0.5, 0.6) is 0 Å². The second-order valence-electron chi connectivity index (χ2n) is 4.60. The zero-order valence-electron chi connectivity index (χ0n) is 8.68. The SMILES string of the molecule is CC(C)CC(C)(C#N)C(C)(C)O. The second-order valence-corrected chi connectivity index (χ2v) is 4.60. The van der Waals surface area contributed by atoms with Gasteiger partial charge in [-0.05, 0) is 33.1 Å². The maximum atomic E-state index is 9.76. The molecular weight excluding hydrogens is 150 g/mol. The monoisotopic (exact) mass is 169 g/mol. The van der Waals surface area contributed by atoms with Crippen molar-refractivity contribution >= 4 is 0 Å². The molecule has 1 unspecified atom stereocenters. The van der Waals surface area contributed by atoms with Gasteiger partial charge in [-0.1, -0.05) is 13.8 Å². The molecule has 70 valence electrons. The molecule has 1 atom stereocenters. The largest absolute Gasteiger partial charge is 0.389 e. The molecule has 0 aliphatic rings. The molecule has 0 saturated carbocycles. The molecule has 0 aromatic carbocycles. The van der Waals surface area contributed by atoms with Crippen molar-refractivity contribution in [3.63, 3.8) is 0 Å². The van der Waals surface area contributed by atoms with Crippen molar-refractivity contribution in [3.05, 3.63) is 0 Å². The van der Waals surface area contributed by atoms with Gasteiger partial charge in [0.1, 0.15) is 0 Å². The molecule has 0 aliphatic heterocycles. The quantitative estimate of drug-likeness (QED) is 0.704. The van der Waals surface area contributed by atoms with Crippen molar-refractivity contribution in [2.75, 3.05) is 0 Å². The molecule has 0 aliphatic carbocycles. The van der Waals surface area contributed by atoms with Crippen LogP contribution in [0.4, 0.5) is 0 Å². The average molecular weight is 169 g/mol. The molecule has 0 aromatic rings. The molecule has 2 heteroatoms. The van der Waals surface area contributed by atoms with E-state index in [1.807, 2.05) is 6.92 Å². The van der Waals surface area contributed by atoms with Crippen LogP contribution < -0.4 is 0 Å². The summed E-state index contributed by atoms with van der Waals surface area (Å²) >= 11 is 0. The highest BCUT2D eigenvalue weighted by atomic mass is 16.3. The minimum Gasteiger partial charge on any atom is -0.389 e. The average Bonchev–Trinajstić information content (AvgIpc) is 1.83. The van der Waals surface area contributed by atoms with Gasteiger partial charge in [-0.3, -0.25) is 0 Å². The first-order valence-electron chi connectivity index (χ1n) is 4.36. The predicted molar refractivity (Wildman–Crippen MR) is 49.5 cm³/mol. The third-order valence-corrected chi connectivity index (χ3v) is 2.41. The summed E-state index contributed by atoms with van der Waals surface area (Å²) in [5.41, 5.74) is -1.56. The summed E-state index contributed by atoms with van der Waals surface area (Å²) in [4.78, 5) is 0. The molecule has 0 aromatic heterocycles. The number of aliphatic hydroxyl groups is 1. The Labute approximate surface area is 75.2 Å². The Hall–Kier alpha value is -0.550. The zero-order chi connectivity index (χ0) is 9.99. The van der Waals surface area contributed by atoms with E-state index in [1.165, 1.54) is 0 Å².